The maximum atomic E-state index is 11.4. The van der Waals surface area contributed by atoms with Gasteiger partial charge in [0.1, 0.15) is 0 Å². The number of amides is 3. The molecule has 0 saturated carbocycles. The van der Waals surface area contributed by atoms with E-state index in [2.05, 4.69) is 16.0 Å². The molecule has 3 N–H and O–H groups in total. The van der Waals surface area contributed by atoms with Crippen molar-refractivity contribution >= 4 is 11.9 Å². The standard InChI is InChI=1S/C12H15N3O2/c1-8-10(14-12(17)15-11(8)16)13-7-9-5-3-2-4-6-9/h2-6,8,10,13H,7H2,1H3,(H2,14,15,16,17). The fourth-order valence-electron chi connectivity index (χ4n) is 1.73. The van der Waals surface area contributed by atoms with Crippen LogP contribution >= 0.6 is 0 Å². The molecule has 2 unspecified atom stereocenters. The van der Waals surface area contributed by atoms with Gasteiger partial charge in [-0.15, -0.1) is 0 Å². The zero-order chi connectivity index (χ0) is 12.3. The lowest BCUT2D eigenvalue weighted by Crippen LogP contribution is -2.62. The minimum absolute atomic E-state index is 0.251. The van der Waals surface area contributed by atoms with Crippen molar-refractivity contribution in [1.82, 2.24) is 16.0 Å². The Hall–Kier alpha value is -1.88. The van der Waals surface area contributed by atoms with Crippen LogP contribution in [-0.4, -0.2) is 18.1 Å². The maximum Gasteiger partial charge on any atom is 0.322 e. The number of nitrogens with one attached hydrogen (secondary N) is 3. The van der Waals surface area contributed by atoms with Crippen molar-refractivity contribution in [2.75, 3.05) is 0 Å². The summed E-state index contributed by atoms with van der Waals surface area (Å²) < 4.78 is 0. The summed E-state index contributed by atoms with van der Waals surface area (Å²) in [6.45, 7) is 2.39. The molecule has 5 heteroatoms. The van der Waals surface area contributed by atoms with Crippen molar-refractivity contribution < 1.29 is 9.59 Å². The van der Waals surface area contributed by atoms with E-state index in [4.69, 9.17) is 0 Å². The van der Waals surface area contributed by atoms with Gasteiger partial charge in [0.05, 0.1) is 12.1 Å². The third-order valence-corrected chi connectivity index (χ3v) is 2.81. The van der Waals surface area contributed by atoms with Crippen LogP contribution in [0.15, 0.2) is 30.3 Å². The first-order valence-electron chi connectivity index (χ1n) is 5.55. The van der Waals surface area contributed by atoms with E-state index in [1.54, 1.807) is 6.92 Å². The van der Waals surface area contributed by atoms with Gasteiger partial charge in [0, 0.05) is 6.54 Å². The topological polar surface area (TPSA) is 70.2 Å². The first-order valence-corrected chi connectivity index (χ1v) is 5.55. The van der Waals surface area contributed by atoms with Crippen LogP contribution in [-0.2, 0) is 11.3 Å². The van der Waals surface area contributed by atoms with Crippen LogP contribution < -0.4 is 16.0 Å². The van der Waals surface area contributed by atoms with Gasteiger partial charge in [-0.05, 0) is 5.56 Å². The molecule has 17 heavy (non-hydrogen) atoms. The first-order chi connectivity index (χ1) is 8.16. The molecule has 1 heterocycles. The number of carbonyl (C=O) groups excluding carboxylic acids is 2. The summed E-state index contributed by atoms with van der Waals surface area (Å²) in [5.41, 5.74) is 1.11. The minimum atomic E-state index is -0.446. The van der Waals surface area contributed by atoms with Crippen LogP contribution in [0.2, 0.25) is 0 Å². The number of benzene rings is 1. The summed E-state index contributed by atoms with van der Waals surface area (Å²) in [7, 11) is 0. The molecule has 3 amide bonds. The molecule has 90 valence electrons. The minimum Gasteiger partial charge on any atom is -0.322 e. The summed E-state index contributed by atoms with van der Waals surface area (Å²) in [4.78, 5) is 22.6. The maximum absolute atomic E-state index is 11.4. The number of hydrogen-bond acceptors (Lipinski definition) is 3. The Bertz CT molecular complexity index is 419. The molecule has 1 saturated heterocycles. The largest absolute Gasteiger partial charge is 0.322 e. The summed E-state index contributed by atoms with van der Waals surface area (Å²) >= 11 is 0. The first kappa shape index (κ1) is 11.6. The highest BCUT2D eigenvalue weighted by molar-refractivity contribution is 5.98. The Balaban J connectivity index is 1.94. The van der Waals surface area contributed by atoms with Gasteiger partial charge in [-0.2, -0.15) is 0 Å². The Labute approximate surface area is 99.6 Å². The smallest absolute Gasteiger partial charge is 0.322 e. The monoisotopic (exact) mass is 233 g/mol. The second kappa shape index (κ2) is 4.97. The second-order valence-corrected chi connectivity index (χ2v) is 4.10. The molecule has 0 bridgehead atoms. The van der Waals surface area contributed by atoms with Crippen LogP contribution in [0.3, 0.4) is 0 Å². The molecule has 2 atom stereocenters. The number of rotatable bonds is 3. The van der Waals surface area contributed by atoms with Crippen molar-refractivity contribution in [2.24, 2.45) is 5.92 Å². The third kappa shape index (κ3) is 2.82. The molecule has 1 aromatic carbocycles. The average Bonchev–Trinajstić information content (AvgIpc) is 2.33. The van der Waals surface area contributed by atoms with Gasteiger partial charge in [0.25, 0.3) is 0 Å². The highest BCUT2D eigenvalue weighted by atomic mass is 16.2. The summed E-state index contributed by atoms with van der Waals surface area (Å²) in [6.07, 6.45) is -0.323. The van der Waals surface area contributed by atoms with Gasteiger partial charge in [0.2, 0.25) is 5.91 Å². The predicted octanol–water partition coefficient (Wildman–Crippen LogP) is 0.578. The van der Waals surface area contributed by atoms with E-state index in [0.29, 0.717) is 6.54 Å². The van der Waals surface area contributed by atoms with Crippen LogP contribution in [0.1, 0.15) is 12.5 Å². The number of urea groups is 1. The molecule has 0 radical (unpaired) electrons. The van der Waals surface area contributed by atoms with E-state index >= 15 is 0 Å². The Morgan fingerprint density at radius 2 is 1.94 bits per heavy atom. The molecular weight excluding hydrogens is 218 g/mol. The van der Waals surface area contributed by atoms with Crippen LogP contribution in [0.25, 0.3) is 0 Å². The van der Waals surface area contributed by atoms with E-state index in [0.717, 1.165) is 5.56 Å². The van der Waals surface area contributed by atoms with Gasteiger partial charge in [-0.3, -0.25) is 15.4 Å². The molecule has 5 nitrogen and oxygen atoms in total. The van der Waals surface area contributed by atoms with Crippen molar-refractivity contribution in [3.8, 4) is 0 Å². The number of carbonyl (C=O) groups is 2. The highest BCUT2D eigenvalue weighted by Crippen LogP contribution is 2.06. The lowest BCUT2D eigenvalue weighted by atomic mass is 10.1. The number of hydrogen-bond donors (Lipinski definition) is 3. The van der Waals surface area contributed by atoms with Crippen molar-refractivity contribution in [3.05, 3.63) is 35.9 Å². The van der Waals surface area contributed by atoms with Crippen LogP contribution in [0, 0.1) is 5.92 Å². The van der Waals surface area contributed by atoms with Crippen LogP contribution in [0.5, 0.6) is 0 Å². The average molecular weight is 233 g/mol. The molecule has 0 aliphatic carbocycles. The van der Waals surface area contributed by atoms with Gasteiger partial charge < -0.3 is 5.32 Å². The summed E-state index contributed by atoms with van der Waals surface area (Å²) in [5, 5.41) is 8.07. The summed E-state index contributed by atoms with van der Waals surface area (Å²) in [6, 6.07) is 9.38. The van der Waals surface area contributed by atoms with Gasteiger partial charge in [-0.25, -0.2) is 4.79 Å². The molecular formula is C12H15N3O2. The van der Waals surface area contributed by atoms with Gasteiger partial charge in [0.15, 0.2) is 0 Å². The molecule has 0 spiro atoms. The molecule has 1 aliphatic heterocycles. The van der Waals surface area contributed by atoms with Gasteiger partial charge >= 0.3 is 6.03 Å². The Morgan fingerprint density at radius 3 is 2.65 bits per heavy atom. The molecule has 2 rings (SSSR count). The zero-order valence-corrected chi connectivity index (χ0v) is 9.57. The fourth-order valence-corrected chi connectivity index (χ4v) is 1.73. The van der Waals surface area contributed by atoms with Crippen molar-refractivity contribution in [3.63, 3.8) is 0 Å². The predicted molar refractivity (Wildman–Crippen MR) is 62.9 cm³/mol. The van der Waals surface area contributed by atoms with Crippen molar-refractivity contribution in [2.45, 2.75) is 19.6 Å². The molecule has 1 fully saturated rings. The van der Waals surface area contributed by atoms with E-state index in [1.165, 1.54) is 0 Å². The van der Waals surface area contributed by atoms with E-state index in [1.807, 2.05) is 30.3 Å². The van der Waals surface area contributed by atoms with Crippen molar-refractivity contribution in [1.29, 1.82) is 0 Å². The van der Waals surface area contributed by atoms with Gasteiger partial charge in [-0.1, -0.05) is 37.3 Å². The fraction of sp³-hybridized carbons (Fsp3) is 0.333. The number of imide groups is 1. The van der Waals surface area contributed by atoms with E-state index in [-0.39, 0.29) is 18.0 Å². The third-order valence-electron chi connectivity index (χ3n) is 2.81. The molecule has 0 aromatic heterocycles. The molecule has 1 aromatic rings. The highest BCUT2D eigenvalue weighted by Gasteiger charge is 2.31. The quantitative estimate of drug-likeness (QED) is 0.715. The lowest BCUT2D eigenvalue weighted by Gasteiger charge is -2.29. The Morgan fingerprint density at radius 1 is 1.24 bits per heavy atom. The second-order valence-electron chi connectivity index (χ2n) is 4.10. The Kier molecular flexibility index (Phi) is 3.39. The summed E-state index contributed by atoms with van der Waals surface area (Å²) in [5.74, 6) is -0.532. The SMILES string of the molecule is CC1C(=O)NC(=O)NC1NCc1ccccc1. The normalized spacial score (nSPS) is 24.1. The lowest BCUT2D eigenvalue weighted by molar-refractivity contribution is -0.125. The van der Waals surface area contributed by atoms with Crippen LogP contribution in [0.4, 0.5) is 4.79 Å². The zero-order valence-electron chi connectivity index (χ0n) is 9.57. The van der Waals surface area contributed by atoms with E-state index < -0.39 is 6.03 Å². The molecule has 1 aliphatic rings. The van der Waals surface area contributed by atoms with E-state index in [9.17, 15) is 9.59 Å².